The summed E-state index contributed by atoms with van der Waals surface area (Å²) in [7, 11) is 1.97. The van der Waals surface area contributed by atoms with Crippen molar-refractivity contribution in [2.45, 2.75) is 58.7 Å². The predicted molar refractivity (Wildman–Crippen MR) is 84.1 cm³/mol. The van der Waals surface area contributed by atoms with Gasteiger partial charge in [-0.1, -0.05) is 18.5 Å². The monoisotopic (exact) mass is 298 g/mol. The van der Waals surface area contributed by atoms with E-state index in [2.05, 4.69) is 43.0 Å². The van der Waals surface area contributed by atoms with Crippen LogP contribution in [-0.2, 0) is 13.6 Å². The zero-order valence-electron chi connectivity index (χ0n) is 13.5. The summed E-state index contributed by atoms with van der Waals surface area (Å²) in [6.07, 6.45) is 1.12. The molecule has 1 aliphatic heterocycles. The van der Waals surface area contributed by atoms with Crippen LogP contribution < -0.4 is 5.32 Å². The molecule has 0 spiro atoms. The van der Waals surface area contributed by atoms with Crippen LogP contribution in [0.2, 0.25) is 5.02 Å². The van der Waals surface area contributed by atoms with Gasteiger partial charge in [0.25, 0.3) is 0 Å². The van der Waals surface area contributed by atoms with Crippen LogP contribution in [0.25, 0.3) is 0 Å². The highest BCUT2D eigenvalue weighted by molar-refractivity contribution is 6.31. The normalized spacial score (nSPS) is 26.9. The van der Waals surface area contributed by atoms with Gasteiger partial charge in [-0.05, 0) is 34.1 Å². The van der Waals surface area contributed by atoms with Crippen LogP contribution in [0.4, 0.5) is 0 Å². The summed E-state index contributed by atoms with van der Waals surface area (Å²) in [6, 6.07) is 0. The number of aromatic nitrogens is 2. The van der Waals surface area contributed by atoms with Crippen molar-refractivity contribution >= 4 is 11.6 Å². The van der Waals surface area contributed by atoms with Crippen molar-refractivity contribution in [3.05, 3.63) is 16.4 Å². The maximum Gasteiger partial charge on any atom is 0.0860 e. The lowest BCUT2D eigenvalue weighted by atomic mass is 9.88. The van der Waals surface area contributed by atoms with Gasteiger partial charge < -0.3 is 5.32 Å². The molecule has 0 amide bonds. The third-order valence-electron chi connectivity index (χ3n) is 4.73. The van der Waals surface area contributed by atoms with Crippen LogP contribution in [-0.4, -0.2) is 38.8 Å². The van der Waals surface area contributed by atoms with Gasteiger partial charge in [-0.15, -0.1) is 0 Å². The number of nitrogens with one attached hydrogen (secondary N) is 1. The fourth-order valence-corrected chi connectivity index (χ4v) is 2.99. The molecule has 0 aliphatic carbocycles. The van der Waals surface area contributed by atoms with Gasteiger partial charge in [-0.3, -0.25) is 9.58 Å². The standard InChI is InChI=1S/C15H27ClN4/c1-7-15(5)10-20(14(3,4)9-17-15)8-12-13(16)11(2)18-19(12)6/h17H,7-10H2,1-6H3. The summed E-state index contributed by atoms with van der Waals surface area (Å²) in [4.78, 5) is 2.52. The quantitative estimate of drug-likeness (QED) is 0.931. The smallest absolute Gasteiger partial charge is 0.0860 e. The molecule has 1 aliphatic rings. The van der Waals surface area contributed by atoms with Crippen LogP contribution in [0.5, 0.6) is 0 Å². The first-order valence-corrected chi connectivity index (χ1v) is 7.74. The molecular formula is C15H27ClN4. The topological polar surface area (TPSA) is 33.1 Å². The number of nitrogens with zero attached hydrogens (tertiary/aromatic N) is 3. The lowest BCUT2D eigenvalue weighted by Crippen LogP contribution is -2.66. The minimum absolute atomic E-state index is 0.121. The Kier molecular flexibility index (Phi) is 4.20. The van der Waals surface area contributed by atoms with Crippen LogP contribution >= 0.6 is 11.6 Å². The van der Waals surface area contributed by atoms with Gasteiger partial charge in [-0.25, -0.2) is 0 Å². The number of aryl methyl sites for hydroxylation is 2. The first-order chi connectivity index (χ1) is 9.18. The zero-order chi connectivity index (χ0) is 15.1. The van der Waals surface area contributed by atoms with Crippen LogP contribution in [0, 0.1) is 6.92 Å². The van der Waals surface area contributed by atoms with Crippen molar-refractivity contribution in [1.29, 1.82) is 0 Å². The number of rotatable bonds is 3. The van der Waals surface area contributed by atoms with E-state index < -0.39 is 0 Å². The predicted octanol–water partition coefficient (Wildman–Crippen LogP) is 2.73. The lowest BCUT2D eigenvalue weighted by Gasteiger charge is -2.50. The molecule has 1 aromatic rings. The highest BCUT2D eigenvalue weighted by atomic mass is 35.5. The molecule has 1 N–H and O–H groups in total. The molecule has 2 rings (SSSR count). The molecule has 1 saturated heterocycles. The Morgan fingerprint density at radius 1 is 1.35 bits per heavy atom. The van der Waals surface area contributed by atoms with Crippen LogP contribution in [0.3, 0.4) is 0 Å². The van der Waals surface area contributed by atoms with Crippen molar-refractivity contribution in [3.8, 4) is 0 Å². The van der Waals surface area contributed by atoms with Crippen molar-refractivity contribution in [1.82, 2.24) is 20.0 Å². The second kappa shape index (κ2) is 5.32. The molecule has 4 nitrogen and oxygen atoms in total. The van der Waals surface area contributed by atoms with E-state index in [1.165, 1.54) is 0 Å². The van der Waals surface area contributed by atoms with Gasteiger partial charge in [0.2, 0.25) is 0 Å². The van der Waals surface area contributed by atoms with E-state index in [0.717, 1.165) is 42.5 Å². The highest BCUT2D eigenvalue weighted by Crippen LogP contribution is 2.29. The molecule has 2 heterocycles. The first-order valence-electron chi connectivity index (χ1n) is 7.36. The van der Waals surface area contributed by atoms with Gasteiger partial charge >= 0.3 is 0 Å². The number of piperazine rings is 1. The minimum Gasteiger partial charge on any atom is -0.308 e. The van der Waals surface area contributed by atoms with Gasteiger partial charge in [-0.2, -0.15) is 5.10 Å². The van der Waals surface area contributed by atoms with Gasteiger partial charge in [0.1, 0.15) is 0 Å². The molecule has 0 saturated carbocycles. The second-order valence-electron chi connectivity index (χ2n) is 6.91. The Morgan fingerprint density at radius 2 is 2.00 bits per heavy atom. The lowest BCUT2D eigenvalue weighted by molar-refractivity contribution is 0.0228. The Bertz CT molecular complexity index is 494. The summed E-state index contributed by atoms with van der Waals surface area (Å²) >= 11 is 6.41. The average molecular weight is 299 g/mol. The fourth-order valence-electron chi connectivity index (χ4n) is 2.77. The van der Waals surface area contributed by atoms with Crippen molar-refractivity contribution in [3.63, 3.8) is 0 Å². The molecule has 1 aromatic heterocycles. The Morgan fingerprint density at radius 3 is 2.50 bits per heavy atom. The van der Waals surface area contributed by atoms with E-state index in [1.54, 1.807) is 0 Å². The molecule has 20 heavy (non-hydrogen) atoms. The number of hydrogen-bond donors (Lipinski definition) is 1. The van der Waals surface area contributed by atoms with Crippen molar-refractivity contribution in [2.24, 2.45) is 7.05 Å². The SMILES string of the molecule is CCC1(C)CN(Cc2c(Cl)c(C)nn2C)C(C)(C)CN1. The largest absolute Gasteiger partial charge is 0.308 e. The molecule has 0 radical (unpaired) electrons. The van der Waals surface area contributed by atoms with Crippen LogP contribution in [0.1, 0.15) is 45.5 Å². The average Bonchev–Trinajstić information content (AvgIpc) is 2.61. The van der Waals surface area contributed by atoms with Gasteiger partial charge in [0.15, 0.2) is 0 Å². The molecule has 1 unspecified atom stereocenters. The summed E-state index contributed by atoms with van der Waals surface area (Å²) in [5.74, 6) is 0. The summed E-state index contributed by atoms with van der Waals surface area (Å²) in [6.45, 7) is 13.9. The van der Waals surface area contributed by atoms with Gasteiger partial charge in [0, 0.05) is 37.8 Å². The van der Waals surface area contributed by atoms with Gasteiger partial charge in [0.05, 0.1) is 16.4 Å². The second-order valence-corrected chi connectivity index (χ2v) is 7.28. The Balaban J connectivity index is 2.25. The van der Waals surface area contributed by atoms with Crippen molar-refractivity contribution in [2.75, 3.05) is 13.1 Å². The fraction of sp³-hybridized carbons (Fsp3) is 0.800. The van der Waals surface area contributed by atoms with E-state index >= 15 is 0 Å². The zero-order valence-corrected chi connectivity index (χ0v) is 14.3. The molecule has 5 heteroatoms. The third-order valence-corrected chi connectivity index (χ3v) is 5.22. The minimum atomic E-state index is 0.121. The van der Waals surface area contributed by atoms with E-state index in [0.29, 0.717) is 0 Å². The molecular weight excluding hydrogens is 272 g/mol. The van der Waals surface area contributed by atoms with E-state index in [1.807, 2.05) is 18.7 Å². The number of hydrogen-bond acceptors (Lipinski definition) is 3. The molecule has 0 aromatic carbocycles. The summed E-state index contributed by atoms with van der Waals surface area (Å²) in [5, 5.41) is 8.92. The van der Waals surface area contributed by atoms with Crippen molar-refractivity contribution < 1.29 is 0 Å². The van der Waals surface area contributed by atoms with E-state index in [9.17, 15) is 0 Å². The molecule has 1 atom stereocenters. The Hall–Kier alpha value is -0.580. The van der Waals surface area contributed by atoms with E-state index in [4.69, 9.17) is 11.6 Å². The number of halogens is 1. The molecule has 0 bridgehead atoms. The highest BCUT2D eigenvalue weighted by Gasteiger charge is 2.39. The third kappa shape index (κ3) is 2.87. The summed E-state index contributed by atoms with van der Waals surface area (Å²) in [5.41, 5.74) is 2.32. The van der Waals surface area contributed by atoms with E-state index in [-0.39, 0.29) is 11.1 Å². The Labute approximate surface area is 127 Å². The maximum atomic E-state index is 6.41. The maximum absolute atomic E-state index is 6.41. The van der Waals surface area contributed by atoms with Crippen LogP contribution in [0.15, 0.2) is 0 Å². The summed E-state index contributed by atoms with van der Waals surface area (Å²) < 4.78 is 1.92. The first kappa shape index (κ1) is 15.8. The molecule has 114 valence electrons. The molecule has 1 fully saturated rings.